The second kappa shape index (κ2) is 4.48. The summed E-state index contributed by atoms with van der Waals surface area (Å²) in [5.41, 5.74) is 0.901. The summed E-state index contributed by atoms with van der Waals surface area (Å²) in [6.07, 6.45) is 4.67. The van der Waals surface area contributed by atoms with E-state index in [0.717, 1.165) is 26.2 Å². The van der Waals surface area contributed by atoms with Crippen molar-refractivity contribution >= 4 is 22.1 Å². The molecule has 3 rings (SSSR count). The maximum absolute atomic E-state index is 10.5. The van der Waals surface area contributed by atoms with Crippen molar-refractivity contribution in [2.45, 2.75) is 13.0 Å². The van der Waals surface area contributed by atoms with E-state index in [1.54, 1.807) is 12.4 Å². The number of nitrogens with zero attached hydrogens (tertiary/aromatic N) is 2. The maximum atomic E-state index is 10.5. The van der Waals surface area contributed by atoms with Crippen molar-refractivity contribution in [1.82, 2.24) is 9.97 Å². The molecule has 0 saturated heterocycles. The van der Waals surface area contributed by atoms with Gasteiger partial charge in [-0.05, 0) is 23.9 Å². The molecule has 90 valence electrons. The number of aromatic nitrogens is 2. The minimum atomic E-state index is -0.623. The van der Waals surface area contributed by atoms with Crippen LogP contribution in [0.4, 0.5) is 0 Å². The summed E-state index contributed by atoms with van der Waals surface area (Å²) in [6.45, 7) is 1.94. The van der Waals surface area contributed by atoms with Gasteiger partial charge in [-0.15, -0.1) is 11.3 Å². The fourth-order valence-corrected chi connectivity index (χ4v) is 2.83. The quantitative estimate of drug-likeness (QED) is 0.766. The van der Waals surface area contributed by atoms with E-state index in [0.29, 0.717) is 0 Å². The zero-order chi connectivity index (χ0) is 12.5. The second-order valence-electron chi connectivity index (χ2n) is 4.13. The monoisotopic (exact) mass is 256 g/mol. The van der Waals surface area contributed by atoms with E-state index in [2.05, 4.69) is 9.97 Å². The Kier molecular flexibility index (Phi) is 2.81. The Balaban J connectivity index is 2.14. The number of benzene rings is 1. The van der Waals surface area contributed by atoms with Crippen LogP contribution in [0.25, 0.3) is 10.8 Å². The van der Waals surface area contributed by atoms with Crippen molar-refractivity contribution in [3.63, 3.8) is 0 Å². The normalized spacial score (nSPS) is 12.8. The van der Waals surface area contributed by atoms with Crippen molar-refractivity contribution in [1.29, 1.82) is 0 Å². The zero-order valence-corrected chi connectivity index (χ0v) is 10.7. The predicted molar refractivity (Wildman–Crippen MR) is 72.7 cm³/mol. The fourth-order valence-electron chi connectivity index (χ4n) is 2.04. The lowest BCUT2D eigenvalue weighted by Gasteiger charge is -2.11. The first kappa shape index (κ1) is 11.3. The summed E-state index contributed by atoms with van der Waals surface area (Å²) in [5.74, 6) is 0. The molecule has 0 amide bonds. The maximum Gasteiger partial charge on any atom is 0.115 e. The lowest BCUT2D eigenvalue weighted by atomic mass is 10.0. The van der Waals surface area contributed by atoms with Crippen LogP contribution in [0.2, 0.25) is 0 Å². The number of aryl methyl sites for hydroxylation is 1. The van der Waals surface area contributed by atoms with Crippen LogP contribution in [0, 0.1) is 6.92 Å². The Labute approximate surface area is 109 Å². The Morgan fingerprint density at radius 1 is 1.22 bits per heavy atom. The van der Waals surface area contributed by atoms with Crippen molar-refractivity contribution in [3.05, 3.63) is 58.3 Å². The smallest absolute Gasteiger partial charge is 0.115 e. The molecule has 1 aromatic carbocycles. The van der Waals surface area contributed by atoms with Crippen LogP contribution in [-0.2, 0) is 0 Å². The van der Waals surface area contributed by atoms with Crippen molar-refractivity contribution in [3.8, 4) is 0 Å². The van der Waals surface area contributed by atoms with Crippen LogP contribution in [0.3, 0.4) is 0 Å². The highest BCUT2D eigenvalue weighted by Gasteiger charge is 2.15. The zero-order valence-electron chi connectivity index (χ0n) is 9.87. The topological polar surface area (TPSA) is 46.0 Å². The van der Waals surface area contributed by atoms with Crippen molar-refractivity contribution in [2.24, 2.45) is 0 Å². The van der Waals surface area contributed by atoms with Gasteiger partial charge in [-0.25, -0.2) is 4.98 Å². The molecule has 0 aliphatic carbocycles. The number of hydrogen-bond donors (Lipinski definition) is 1. The van der Waals surface area contributed by atoms with E-state index in [9.17, 15) is 5.11 Å². The molecule has 0 aliphatic rings. The number of hydrogen-bond acceptors (Lipinski definition) is 4. The summed E-state index contributed by atoms with van der Waals surface area (Å²) < 4.78 is 0. The molecule has 0 saturated carbocycles. The molecule has 3 aromatic rings. The summed E-state index contributed by atoms with van der Waals surface area (Å²) in [7, 11) is 0. The minimum Gasteiger partial charge on any atom is -0.383 e. The highest BCUT2D eigenvalue weighted by molar-refractivity contribution is 7.11. The van der Waals surface area contributed by atoms with Gasteiger partial charge in [0.05, 0.1) is 9.88 Å². The molecule has 1 N–H and O–H groups in total. The molecule has 2 aromatic heterocycles. The van der Waals surface area contributed by atoms with Gasteiger partial charge in [-0.3, -0.25) is 4.98 Å². The van der Waals surface area contributed by atoms with Crippen LogP contribution in [0.1, 0.15) is 21.6 Å². The summed E-state index contributed by atoms with van der Waals surface area (Å²) >= 11 is 1.52. The number of aliphatic hydroxyl groups is 1. The van der Waals surface area contributed by atoms with E-state index in [-0.39, 0.29) is 0 Å². The van der Waals surface area contributed by atoms with Crippen LogP contribution in [0.5, 0.6) is 0 Å². The van der Waals surface area contributed by atoms with Gasteiger partial charge in [0.2, 0.25) is 0 Å². The standard InChI is InChI=1S/C14H12N2OS/c1-9-16-8-13(18-9)14(17)12-4-2-3-10-7-15-6-5-11(10)12/h2-8,14,17H,1H3. The van der Waals surface area contributed by atoms with Gasteiger partial charge < -0.3 is 5.11 Å². The highest BCUT2D eigenvalue weighted by atomic mass is 32.1. The third kappa shape index (κ3) is 1.89. The van der Waals surface area contributed by atoms with Gasteiger partial charge in [0, 0.05) is 24.0 Å². The molecular formula is C14H12N2OS. The average Bonchev–Trinajstić information content (AvgIpc) is 2.84. The average molecular weight is 256 g/mol. The van der Waals surface area contributed by atoms with Gasteiger partial charge in [-0.2, -0.15) is 0 Å². The van der Waals surface area contributed by atoms with E-state index in [1.165, 1.54) is 11.3 Å². The molecule has 2 heterocycles. The van der Waals surface area contributed by atoms with Gasteiger partial charge in [-0.1, -0.05) is 18.2 Å². The van der Waals surface area contributed by atoms with Crippen molar-refractivity contribution < 1.29 is 5.11 Å². The minimum absolute atomic E-state index is 0.623. The van der Waals surface area contributed by atoms with E-state index >= 15 is 0 Å². The first-order valence-electron chi connectivity index (χ1n) is 5.69. The number of rotatable bonds is 2. The Bertz CT molecular complexity index is 688. The van der Waals surface area contributed by atoms with Gasteiger partial charge in [0.1, 0.15) is 6.10 Å². The van der Waals surface area contributed by atoms with E-state index < -0.39 is 6.10 Å². The van der Waals surface area contributed by atoms with Crippen LogP contribution < -0.4 is 0 Å². The third-order valence-corrected chi connectivity index (χ3v) is 3.88. The lowest BCUT2D eigenvalue weighted by Crippen LogP contribution is -1.98. The molecule has 0 fully saturated rings. The van der Waals surface area contributed by atoms with Gasteiger partial charge in [0.25, 0.3) is 0 Å². The molecular weight excluding hydrogens is 244 g/mol. The number of aliphatic hydroxyl groups excluding tert-OH is 1. The molecule has 18 heavy (non-hydrogen) atoms. The molecule has 0 bridgehead atoms. The van der Waals surface area contributed by atoms with E-state index in [4.69, 9.17) is 0 Å². The molecule has 4 heteroatoms. The summed E-state index contributed by atoms with van der Waals surface area (Å²) in [6, 6.07) is 7.82. The Morgan fingerprint density at radius 2 is 2.11 bits per heavy atom. The molecule has 1 unspecified atom stereocenters. The number of thiazole rings is 1. The van der Waals surface area contributed by atoms with Crippen LogP contribution in [0.15, 0.2) is 42.9 Å². The molecule has 3 nitrogen and oxygen atoms in total. The second-order valence-corrected chi connectivity index (χ2v) is 5.39. The van der Waals surface area contributed by atoms with Crippen LogP contribution in [-0.4, -0.2) is 15.1 Å². The van der Waals surface area contributed by atoms with E-state index in [1.807, 2.05) is 37.4 Å². The number of pyridine rings is 1. The Hall–Kier alpha value is -1.78. The van der Waals surface area contributed by atoms with Gasteiger partial charge >= 0.3 is 0 Å². The first-order valence-corrected chi connectivity index (χ1v) is 6.50. The fraction of sp³-hybridized carbons (Fsp3) is 0.143. The molecule has 1 atom stereocenters. The summed E-state index contributed by atoms with van der Waals surface area (Å²) in [5, 5.41) is 13.5. The SMILES string of the molecule is Cc1ncc(C(O)c2cccc3cnccc23)s1. The molecule has 0 aliphatic heterocycles. The first-order chi connectivity index (χ1) is 8.75. The lowest BCUT2D eigenvalue weighted by molar-refractivity contribution is 0.225. The highest BCUT2D eigenvalue weighted by Crippen LogP contribution is 2.31. The van der Waals surface area contributed by atoms with Crippen LogP contribution >= 0.6 is 11.3 Å². The van der Waals surface area contributed by atoms with Crippen molar-refractivity contribution in [2.75, 3.05) is 0 Å². The third-order valence-electron chi connectivity index (χ3n) is 2.92. The van der Waals surface area contributed by atoms with Gasteiger partial charge in [0.15, 0.2) is 0 Å². The largest absolute Gasteiger partial charge is 0.383 e. The molecule has 0 radical (unpaired) electrons. The predicted octanol–water partition coefficient (Wildman–Crippen LogP) is 3.08. The molecule has 0 spiro atoms. The summed E-state index contributed by atoms with van der Waals surface area (Å²) in [4.78, 5) is 9.16. The Morgan fingerprint density at radius 3 is 2.89 bits per heavy atom. The number of fused-ring (bicyclic) bond motifs is 1.